The lowest BCUT2D eigenvalue weighted by Gasteiger charge is -2.13. The van der Waals surface area contributed by atoms with Gasteiger partial charge in [-0.1, -0.05) is 42.0 Å². The first-order valence-electron chi connectivity index (χ1n) is 11.0. The summed E-state index contributed by atoms with van der Waals surface area (Å²) >= 11 is 0. The molecule has 0 spiro atoms. The maximum atomic E-state index is 12.6. The van der Waals surface area contributed by atoms with Crippen molar-refractivity contribution in [2.24, 2.45) is 0 Å². The fraction of sp³-hybridized carbons (Fsp3) is 0.259. The van der Waals surface area contributed by atoms with Crippen LogP contribution in [0.4, 0.5) is 0 Å². The first-order valence-corrected chi connectivity index (χ1v) is 11.0. The number of carbonyl (C=O) groups is 1. The smallest absolute Gasteiger partial charge is 0.251 e. The highest BCUT2D eigenvalue weighted by atomic mass is 16.5. The van der Waals surface area contributed by atoms with Gasteiger partial charge in [0, 0.05) is 12.1 Å². The van der Waals surface area contributed by atoms with Gasteiger partial charge in [0.25, 0.3) is 5.91 Å². The molecule has 1 N–H and O–H groups in total. The number of para-hydroxylation sites is 2. The van der Waals surface area contributed by atoms with Gasteiger partial charge in [-0.3, -0.25) is 4.79 Å². The molecular weight excluding hydrogens is 398 g/mol. The van der Waals surface area contributed by atoms with Crippen molar-refractivity contribution in [1.82, 2.24) is 14.9 Å². The Hall–Kier alpha value is -3.60. The van der Waals surface area contributed by atoms with E-state index in [9.17, 15) is 4.79 Å². The van der Waals surface area contributed by atoms with Crippen LogP contribution < -0.4 is 10.1 Å². The highest BCUT2D eigenvalue weighted by Crippen LogP contribution is 2.21. The number of ether oxygens (including phenoxy) is 1. The maximum Gasteiger partial charge on any atom is 0.251 e. The summed E-state index contributed by atoms with van der Waals surface area (Å²) in [5, 5.41) is 3.01. The van der Waals surface area contributed by atoms with Gasteiger partial charge in [-0.2, -0.15) is 0 Å². The number of nitrogens with zero attached hydrogens (tertiary/aromatic N) is 2. The zero-order chi connectivity index (χ0) is 22.5. The lowest BCUT2D eigenvalue weighted by Crippen LogP contribution is -2.25. The second-order valence-electron chi connectivity index (χ2n) is 8.12. The van der Waals surface area contributed by atoms with Crippen LogP contribution >= 0.6 is 0 Å². The van der Waals surface area contributed by atoms with Crippen molar-refractivity contribution < 1.29 is 9.53 Å². The summed E-state index contributed by atoms with van der Waals surface area (Å²) in [4.78, 5) is 17.3. The predicted molar refractivity (Wildman–Crippen MR) is 128 cm³/mol. The van der Waals surface area contributed by atoms with Crippen molar-refractivity contribution >= 4 is 16.9 Å². The molecule has 0 fully saturated rings. The Morgan fingerprint density at radius 2 is 1.75 bits per heavy atom. The van der Waals surface area contributed by atoms with Crippen LogP contribution in [0, 0.1) is 20.8 Å². The molecule has 0 saturated heterocycles. The number of hydrogen-bond donors (Lipinski definition) is 1. The fourth-order valence-corrected chi connectivity index (χ4v) is 3.76. The molecule has 0 aliphatic carbocycles. The molecule has 5 nitrogen and oxygen atoms in total. The summed E-state index contributed by atoms with van der Waals surface area (Å²) in [6.07, 6.45) is 0.840. The minimum atomic E-state index is -0.0955. The molecule has 1 heterocycles. The minimum Gasteiger partial charge on any atom is -0.493 e. The molecule has 3 aromatic carbocycles. The highest BCUT2D eigenvalue weighted by molar-refractivity contribution is 5.94. The zero-order valence-electron chi connectivity index (χ0n) is 18.9. The van der Waals surface area contributed by atoms with E-state index in [0.717, 1.165) is 41.1 Å². The van der Waals surface area contributed by atoms with Crippen molar-refractivity contribution in [2.75, 3.05) is 6.61 Å². The van der Waals surface area contributed by atoms with Crippen molar-refractivity contribution in [3.63, 3.8) is 0 Å². The average molecular weight is 428 g/mol. The Bertz CT molecular complexity index is 1230. The fourth-order valence-electron chi connectivity index (χ4n) is 3.76. The molecule has 0 aliphatic rings. The average Bonchev–Trinajstić information content (AvgIpc) is 3.15. The summed E-state index contributed by atoms with van der Waals surface area (Å²) in [5.74, 6) is 1.69. The van der Waals surface area contributed by atoms with Crippen LogP contribution in [0.3, 0.4) is 0 Å². The molecule has 0 atom stereocenters. The molecule has 0 bridgehead atoms. The minimum absolute atomic E-state index is 0.0955. The molecule has 0 radical (unpaired) electrons. The summed E-state index contributed by atoms with van der Waals surface area (Å²) in [7, 11) is 0. The van der Waals surface area contributed by atoms with Gasteiger partial charge in [-0.15, -0.1) is 0 Å². The topological polar surface area (TPSA) is 56.2 Å². The molecule has 4 aromatic rings. The van der Waals surface area contributed by atoms with Gasteiger partial charge >= 0.3 is 0 Å². The van der Waals surface area contributed by atoms with Gasteiger partial charge in [-0.25, -0.2) is 4.98 Å². The third-order valence-electron chi connectivity index (χ3n) is 5.79. The van der Waals surface area contributed by atoms with E-state index in [2.05, 4.69) is 35.9 Å². The number of carbonyl (C=O) groups excluding carboxylic acids is 1. The van der Waals surface area contributed by atoms with Crippen LogP contribution in [-0.2, 0) is 13.1 Å². The lowest BCUT2D eigenvalue weighted by molar-refractivity contribution is 0.0949. The van der Waals surface area contributed by atoms with Gasteiger partial charge in [0.2, 0.25) is 0 Å². The number of benzene rings is 3. The Kier molecular flexibility index (Phi) is 6.55. The number of rotatable bonds is 8. The summed E-state index contributed by atoms with van der Waals surface area (Å²) in [6, 6.07) is 21.8. The van der Waals surface area contributed by atoms with Crippen molar-refractivity contribution in [2.45, 2.75) is 40.3 Å². The van der Waals surface area contributed by atoms with E-state index < -0.39 is 0 Å². The molecule has 1 aromatic heterocycles. The quantitative estimate of drug-likeness (QED) is 0.385. The number of aryl methyl sites for hydroxylation is 3. The number of hydrogen-bond acceptors (Lipinski definition) is 3. The van der Waals surface area contributed by atoms with Crippen molar-refractivity contribution in [3.05, 3.63) is 94.8 Å². The second kappa shape index (κ2) is 9.69. The summed E-state index contributed by atoms with van der Waals surface area (Å²) in [6.45, 7) is 7.94. The van der Waals surface area contributed by atoms with Crippen LogP contribution in [0.2, 0.25) is 0 Å². The zero-order valence-corrected chi connectivity index (χ0v) is 18.9. The molecule has 1 amide bonds. The predicted octanol–water partition coefficient (Wildman–Crippen LogP) is 5.36. The van der Waals surface area contributed by atoms with E-state index in [1.165, 1.54) is 11.1 Å². The number of nitrogens with one attached hydrogen (secondary N) is 1. The van der Waals surface area contributed by atoms with Crippen molar-refractivity contribution in [1.29, 1.82) is 0 Å². The monoisotopic (exact) mass is 427 g/mol. The van der Waals surface area contributed by atoms with Crippen LogP contribution in [0.25, 0.3) is 11.0 Å². The number of aromatic nitrogens is 2. The van der Waals surface area contributed by atoms with Crippen LogP contribution in [0.15, 0.2) is 66.7 Å². The Morgan fingerprint density at radius 3 is 2.56 bits per heavy atom. The van der Waals surface area contributed by atoms with E-state index >= 15 is 0 Å². The highest BCUT2D eigenvalue weighted by Gasteiger charge is 2.12. The van der Waals surface area contributed by atoms with E-state index in [1.807, 2.05) is 61.5 Å². The van der Waals surface area contributed by atoms with Gasteiger partial charge in [0.15, 0.2) is 0 Å². The molecule has 0 aliphatic heterocycles. The molecule has 5 heteroatoms. The first-order chi connectivity index (χ1) is 15.5. The number of imidazole rings is 1. The first kappa shape index (κ1) is 21.6. The molecular formula is C27H29N3O2. The van der Waals surface area contributed by atoms with E-state index in [4.69, 9.17) is 9.72 Å². The third-order valence-corrected chi connectivity index (χ3v) is 5.79. The van der Waals surface area contributed by atoms with Crippen LogP contribution in [-0.4, -0.2) is 22.1 Å². The number of amides is 1. The molecule has 4 rings (SSSR count). The van der Waals surface area contributed by atoms with Crippen molar-refractivity contribution in [3.8, 4) is 5.75 Å². The summed E-state index contributed by atoms with van der Waals surface area (Å²) < 4.78 is 8.21. The van der Waals surface area contributed by atoms with Crippen LogP contribution in [0.5, 0.6) is 5.75 Å². The maximum absolute atomic E-state index is 12.6. The lowest BCUT2D eigenvalue weighted by atomic mass is 10.1. The standard InChI is InChI=1S/C27H29N3O2/c1-19-12-14-22(15-13-19)27(31)28-18-26-29-23-9-4-5-10-24(23)30(26)16-7-17-32-25-11-6-8-20(2)21(25)3/h4-6,8-15H,7,16-18H2,1-3H3,(H,28,31). The van der Waals surface area contributed by atoms with Crippen LogP contribution in [0.1, 0.15) is 39.3 Å². The van der Waals surface area contributed by atoms with E-state index in [1.54, 1.807) is 0 Å². The van der Waals surface area contributed by atoms with E-state index in [-0.39, 0.29) is 5.91 Å². The molecule has 0 saturated carbocycles. The third kappa shape index (κ3) is 4.83. The number of fused-ring (bicyclic) bond motifs is 1. The molecule has 164 valence electrons. The SMILES string of the molecule is Cc1ccc(C(=O)NCc2nc3ccccc3n2CCCOc2cccc(C)c2C)cc1. The van der Waals surface area contributed by atoms with Gasteiger partial charge in [0.05, 0.1) is 24.2 Å². The Balaban J connectivity index is 1.43. The van der Waals surface area contributed by atoms with Gasteiger partial charge in [-0.05, 0) is 68.7 Å². The molecule has 32 heavy (non-hydrogen) atoms. The Morgan fingerprint density at radius 1 is 0.969 bits per heavy atom. The molecule has 0 unspecified atom stereocenters. The normalized spacial score (nSPS) is 11.0. The van der Waals surface area contributed by atoms with Gasteiger partial charge in [0.1, 0.15) is 11.6 Å². The largest absolute Gasteiger partial charge is 0.493 e. The summed E-state index contributed by atoms with van der Waals surface area (Å²) in [5.41, 5.74) is 6.20. The Labute approximate surface area is 189 Å². The second-order valence-corrected chi connectivity index (χ2v) is 8.12. The van der Waals surface area contributed by atoms with E-state index in [0.29, 0.717) is 18.7 Å². The van der Waals surface area contributed by atoms with Gasteiger partial charge < -0.3 is 14.6 Å².